The molecule has 2 aliphatic rings. The fraction of sp³-hybridized carbons (Fsp3) is 0.381. The van der Waals surface area contributed by atoms with Crippen LogP contribution < -0.4 is 5.73 Å². The Morgan fingerprint density at radius 3 is 2.71 bits per heavy atom. The molecule has 3 atom stereocenters. The van der Waals surface area contributed by atoms with Crippen LogP contribution in [0, 0.1) is 25.7 Å². The van der Waals surface area contributed by atoms with E-state index in [-0.39, 0.29) is 11.9 Å². The van der Waals surface area contributed by atoms with Crippen molar-refractivity contribution in [3.63, 3.8) is 0 Å². The molecule has 1 aliphatic heterocycles. The maximum Gasteiger partial charge on any atom is 0.254 e. The smallest absolute Gasteiger partial charge is 0.254 e. The number of nitrogens with two attached hydrogens (primary N) is 1. The number of aryl methyl sites for hydroxylation is 2. The molecular formula is C21H24N2O. The zero-order valence-corrected chi connectivity index (χ0v) is 14.3. The summed E-state index contributed by atoms with van der Waals surface area (Å²) < 4.78 is 0. The summed E-state index contributed by atoms with van der Waals surface area (Å²) in [6.45, 7) is 5.56. The van der Waals surface area contributed by atoms with Crippen LogP contribution in [-0.4, -0.2) is 29.9 Å². The van der Waals surface area contributed by atoms with Crippen molar-refractivity contribution in [2.45, 2.75) is 26.3 Å². The quantitative estimate of drug-likeness (QED) is 0.942. The molecule has 2 fully saturated rings. The van der Waals surface area contributed by atoms with Crippen molar-refractivity contribution >= 4 is 5.91 Å². The molecule has 2 N–H and O–H groups in total. The number of hydrogen-bond acceptors (Lipinski definition) is 2. The zero-order chi connectivity index (χ0) is 16.8. The highest BCUT2D eigenvalue weighted by atomic mass is 16.2. The van der Waals surface area contributed by atoms with E-state index in [0.717, 1.165) is 28.8 Å². The molecule has 24 heavy (non-hydrogen) atoms. The summed E-state index contributed by atoms with van der Waals surface area (Å²) in [6.07, 6.45) is 1.24. The lowest BCUT2D eigenvalue weighted by atomic mass is 9.95. The molecule has 0 bridgehead atoms. The van der Waals surface area contributed by atoms with E-state index in [1.54, 1.807) is 0 Å². The number of carbonyl (C=O) groups excluding carboxylic acids is 1. The number of benzene rings is 2. The zero-order valence-electron chi connectivity index (χ0n) is 14.3. The van der Waals surface area contributed by atoms with E-state index in [4.69, 9.17) is 5.73 Å². The van der Waals surface area contributed by atoms with Gasteiger partial charge in [-0.25, -0.2) is 0 Å². The second kappa shape index (κ2) is 5.75. The molecule has 1 saturated carbocycles. The first kappa shape index (κ1) is 15.4. The van der Waals surface area contributed by atoms with Gasteiger partial charge in [0.2, 0.25) is 0 Å². The Balaban J connectivity index is 1.74. The van der Waals surface area contributed by atoms with Crippen LogP contribution in [0.25, 0.3) is 11.1 Å². The van der Waals surface area contributed by atoms with Crippen LogP contribution in [0.3, 0.4) is 0 Å². The summed E-state index contributed by atoms with van der Waals surface area (Å²) in [7, 11) is 0. The van der Waals surface area contributed by atoms with Crippen molar-refractivity contribution in [1.82, 2.24) is 4.90 Å². The SMILES string of the molecule is Cc1cccc(-c2ccc(C)cc2C(=O)N2C[C@H]3C[C@H]3[C@H]2CN)c1. The Morgan fingerprint density at radius 2 is 1.96 bits per heavy atom. The summed E-state index contributed by atoms with van der Waals surface area (Å²) in [4.78, 5) is 15.3. The van der Waals surface area contributed by atoms with Gasteiger partial charge >= 0.3 is 0 Å². The van der Waals surface area contributed by atoms with E-state index in [0.29, 0.717) is 18.4 Å². The number of amides is 1. The number of hydrogen-bond donors (Lipinski definition) is 1. The van der Waals surface area contributed by atoms with Gasteiger partial charge in [0.25, 0.3) is 5.91 Å². The highest BCUT2D eigenvalue weighted by molar-refractivity contribution is 6.01. The van der Waals surface area contributed by atoms with Crippen molar-refractivity contribution in [2.75, 3.05) is 13.1 Å². The molecule has 2 aromatic rings. The largest absolute Gasteiger partial charge is 0.334 e. The average molecular weight is 320 g/mol. The lowest BCUT2D eigenvalue weighted by Gasteiger charge is -2.27. The molecule has 4 rings (SSSR count). The van der Waals surface area contributed by atoms with Gasteiger partial charge in [-0.3, -0.25) is 4.79 Å². The maximum absolute atomic E-state index is 13.3. The van der Waals surface area contributed by atoms with Crippen molar-refractivity contribution in [2.24, 2.45) is 17.6 Å². The Kier molecular flexibility index (Phi) is 3.69. The normalized spacial score (nSPS) is 24.8. The minimum Gasteiger partial charge on any atom is -0.334 e. The molecule has 124 valence electrons. The number of piperidine rings is 1. The molecule has 3 heteroatoms. The second-order valence-electron chi connectivity index (χ2n) is 7.34. The van der Waals surface area contributed by atoms with E-state index >= 15 is 0 Å². The van der Waals surface area contributed by atoms with Crippen molar-refractivity contribution in [1.29, 1.82) is 0 Å². The Morgan fingerprint density at radius 1 is 1.17 bits per heavy atom. The van der Waals surface area contributed by atoms with Gasteiger partial charge in [-0.1, -0.05) is 47.5 Å². The van der Waals surface area contributed by atoms with Crippen LogP contribution in [0.5, 0.6) is 0 Å². The monoisotopic (exact) mass is 320 g/mol. The predicted octanol–water partition coefficient (Wildman–Crippen LogP) is 3.39. The summed E-state index contributed by atoms with van der Waals surface area (Å²) in [5, 5.41) is 0. The van der Waals surface area contributed by atoms with E-state index in [2.05, 4.69) is 37.3 Å². The van der Waals surface area contributed by atoms with Crippen molar-refractivity contribution in [3.8, 4) is 11.1 Å². The second-order valence-corrected chi connectivity index (χ2v) is 7.34. The van der Waals surface area contributed by atoms with Gasteiger partial charge in [-0.2, -0.15) is 0 Å². The minimum absolute atomic E-state index is 0.137. The van der Waals surface area contributed by atoms with Gasteiger partial charge in [-0.05, 0) is 49.3 Å². The molecule has 0 spiro atoms. The number of likely N-dealkylation sites (tertiary alicyclic amines) is 1. The molecule has 1 aliphatic carbocycles. The maximum atomic E-state index is 13.3. The fourth-order valence-electron chi connectivity index (χ4n) is 4.16. The minimum atomic E-state index is 0.137. The summed E-state index contributed by atoms with van der Waals surface area (Å²) >= 11 is 0. The average Bonchev–Trinajstić information content (AvgIpc) is 3.25. The van der Waals surface area contributed by atoms with Gasteiger partial charge in [0.15, 0.2) is 0 Å². The van der Waals surface area contributed by atoms with Gasteiger partial charge in [0.1, 0.15) is 0 Å². The Labute approximate surface area is 143 Å². The molecule has 2 aromatic carbocycles. The van der Waals surface area contributed by atoms with Crippen LogP contribution in [0.1, 0.15) is 27.9 Å². The highest BCUT2D eigenvalue weighted by Gasteiger charge is 2.53. The number of rotatable bonds is 3. The molecule has 0 radical (unpaired) electrons. The lowest BCUT2D eigenvalue weighted by molar-refractivity contribution is 0.0713. The van der Waals surface area contributed by atoms with E-state index in [1.165, 1.54) is 12.0 Å². The van der Waals surface area contributed by atoms with Crippen LogP contribution in [0.2, 0.25) is 0 Å². The number of fused-ring (bicyclic) bond motifs is 1. The first-order chi connectivity index (χ1) is 11.6. The van der Waals surface area contributed by atoms with Crippen molar-refractivity contribution < 1.29 is 4.79 Å². The first-order valence-corrected chi connectivity index (χ1v) is 8.77. The fourth-order valence-corrected chi connectivity index (χ4v) is 4.16. The highest BCUT2D eigenvalue weighted by Crippen LogP contribution is 2.49. The third kappa shape index (κ3) is 2.53. The van der Waals surface area contributed by atoms with Gasteiger partial charge in [0, 0.05) is 24.7 Å². The topological polar surface area (TPSA) is 46.3 Å². The molecule has 0 aromatic heterocycles. The standard InChI is InChI=1S/C21H24N2O/c1-13-4-3-5-15(8-13)17-7-6-14(2)9-19(17)21(24)23-12-16-10-18(16)20(23)11-22/h3-9,16,18,20H,10-12,22H2,1-2H3/t16-,18-,20-/m1/s1. The van der Waals surface area contributed by atoms with Crippen LogP contribution in [0.4, 0.5) is 0 Å². The summed E-state index contributed by atoms with van der Waals surface area (Å²) in [5.74, 6) is 1.44. The number of carbonyl (C=O) groups is 1. The van der Waals surface area contributed by atoms with Crippen LogP contribution in [-0.2, 0) is 0 Å². The molecule has 1 heterocycles. The first-order valence-electron chi connectivity index (χ1n) is 8.77. The Hall–Kier alpha value is -2.13. The van der Waals surface area contributed by atoms with E-state index in [9.17, 15) is 4.79 Å². The summed E-state index contributed by atoms with van der Waals surface area (Å²) in [5.41, 5.74) is 11.2. The number of nitrogens with zero attached hydrogens (tertiary/aromatic N) is 1. The summed E-state index contributed by atoms with van der Waals surface area (Å²) in [6, 6.07) is 14.7. The van der Waals surface area contributed by atoms with Crippen molar-refractivity contribution in [3.05, 3.63) is 59.2 Å². The molecular weight excluding hydrogens is 296 g/mol. The third-order valence-corrected chi connectivity index (χ3v) is 5.54. The van der Waals surface area contributed by atoms with Crippen LogP contribution in [0.15, 0.2) is 42.5 Å². The third-order valence-electron chi connectivity index (χ3n) is 5.54. The predicted molar refractivity (Wildman–Crippen MR) is 96.8 cm³/mol. The van der Waals surface area contributed by atoms with Gasteiger partial charge in [-0.15, -0.1) is 0 Å². The molecule has 1 saturated heterocycles. The molecule has 3 nitrogen and oxygen atoms in total. The van der Waals surface area contributed by atoms with E-state index < -0.39 is 0 Å². The van der Waals surface area contributed by atoms with Gasteiger partial charge < -0.3 is 10.6 Å². The molecule has 1 amide bonds. The van der Waals surface area contributed by atoms with E-state index in [1.807, 2.05) is 24.0 Å². The van der Waals surface area contributed by atoms with Gasteiger partial charge in [0.05, 0.1) is 0 Å². The molecule has 0 unspecified atom stereocenters. The van der Waals surface area contributed by atoms with Crippen LogP contribution >= 0.6 is 0 Å². The Bertz CT molecular complexity index is 798. The lowest BCUT2D eigenvalue weighted by Crippen LogP contribution is -2.43.